The first-order valence-electron chi connectivity index (χ1n) is 3.89. The molecule has 0 atom stereocenters. The monoisotopic (exact) mass is 167 g/mol. The number of ketones is 1. The minimum absolute atomic E-state index is 0.0609. The number of Topliss-reactive ketones (excluding diaryl/α,β-unsaturated/α-hetero) is 1. The maximum atomic E-state index is 10.9. The van der Waals surface area contributed by atoms with E-state index in [-0.39, 0.29) is 11.2 Å². The highest BCUT2D eigenvalue weighted by molar-refractivity contribution is 5.91. The number of carbonyl (C=O) groups is 1. The van der Waals surface area contributed by atoms with Crippen LogP contribution in [0.3, 0.4) is 0 Å². The van der Waals surface area contributed by atoms with E-state index in [9.17, 15) is 4.79 Å². The van der Waals surface area contributed by atoms with E-state index < -0.39 is 0 Å². The van der Waals surface area contributed by atoms with E-state index in [4.69, 9.17) is 4.52 Å². The highest BCUT2D eigenvalue weighted by Gasteiger charge is 2.20. The van der Waals surface area contributed by atoms with Crippen LogP contribution in [0.25, 0.3) is 0 Å². The second kappa shape index (κ2) is 2.73. The molecule has 1 heterocycles. The Balaban J connectivity index is 3.00. The Kier molecular flexibility index (Phi) is 2.04. The van der Waals surface area contributed by atoms with Crippen molar-refractivity contribution < 1.29 is 9.32 Å². The van der Waals surface area contributed by atoms with Crippen molar-refractivity contribution in [3.8, 4) is 0 Å². The maximum Gasteiger partial charge on any atom is 0.181 e. The molecule has 0 spiro atoms. The van der Waals surface area contributed by atoms with Gasteiger partial charge in [0.1, 0.15) is 11.5 Å². The molecule has 0 saturated heterocycles. The molecule has 0 radical (unpaired) electrons. The molecule has 0 unspecified atom stereocenters. The number of hydrogen-bond donors (Lipinski definition) is 0. The SMILES string of the molecule is CC(=O)c1cc(C(C)(C)C)on1. The number of nitrogens with zero attached hydrogens (tertiary/aromatic N) is 1. The van der Waals surface area contributed by atoms with Gasteiger partial charge in [0, 0.05) is 18.4 Å². The second-order valence-electron chi connectivity index (χ2n) is 3.88. The standard InChI is InChI=1S/C9H13NO2/c1-6(11)7-5-8(12-10-7)9(2,3)4/h5H,1-4H3. The molecule has 0 aliphatic heterocycles. The van der Waals surface area contributed by atoms with Crippen LogP contribution in [-0.2, 0) is 5.41 Å². The van der Waals surface area contributed by atoms with Gasteiger partial charge in [0.05, 0.1) is 0 Å². The normalized spacial score (nSPS) is 11.7. The minimum Gasteiger partial charge on any atom is -0.360 e. The number of rotatable bonds is 1. The zero-order valence-electron chi connectivity index (χ0n) is 7.84. The van der Waals surface area contributed by atoms with Crippen LogP contribution < -0.4 is 0 Å². The summed E-state index contributed by atoms with van der Waals surface area (Å²) in [7, 11) is 0. The van der Waals surface area contributed by atoms with Crippen molar-refractivity contribution >= 4 is 5.78 Å². The first kappa shape index (κ1) is 8.97. The molecule has 1 rings (SSSR count). The average molecular weight is 167 g/mol. The summed E-state index contributed by atoms with van der Waals surface area (Å²) in [5, 5.41) is 3.66. The zero-order valence-corrected chi connectivity index (χ0v) is 7.84. The topological polar surface area (TPSA) is 43.1 Å². The molecule has 0 aromatic carbocycles. The van der Waals surface area contributed by atoms with Crippen molar-refractivity contribution in [2.75, 3.05) is 0 Å². The predicted octanol–water partition coefficient (Wildman–Crippen LogP) is 2.17. The summed E-state index contributed by atoms with van der Waals surface area (Å²) < 4.78 is 5.02. The quantitative estimate of drug-likeness (QED) is 0.602. The molecule has 66 valence electrons. The lowest BCUT2D eigenvalue weighted by atomic mass is 9.93. The van der Waals surface area contributed by atoms with Crippen LogP contribution in [0.2, 0.25) is 0 Å². The van der Waals surface area contributed by atoms with Crippen molar-refractivity contribution in [3.05, 3.63) is 17.5 Å². The van der Waals surface area contributed by atoms with E-state index in [1.165, 1.54) is 6.92 Å². The van der Waals surface area contributed by atoms with E-state index in [0.29, 0.717) is 5.69 Å². The highest BCUT2D eigenvalue weighted by Crippen LogP contribution is 2.22. The Morgan fingerprint density at radius 2 is 2.08 bits per heavy atom. The summed E-state index contributed by atoms with van der Waals surface area (Å²) >= 11 is 0. The Morgan fingerprint density at radius 1 is 1.50 bits per heavy atom. The van der Waals surface area contributed by atoms with E-state index >= 15 is 0 Å². The number of carbonyl (C=O) groups excluding carboxylic acids is 1. The first-order valence-corrected chi connectivity index (χ1v) is 3.89. The Morgan fingerprint density at radius 3 is 2.33 bits per heavy atom. The minimum atomic E-state index is -0.0826. The molecular weight excluding hydrogens is 154 g/mol. The lowest BCUT2D eigenvalue weighted by Gasteiger charge is -2.11. The third-order valence-electron chi connectivity index (χ3n) is 1.61. The van der Waals surface area contributed by atoms with Gasteiger partial charge in [-0.15, -0.1) is 0 Å². The van der Waals surface area contributed by atoms with Crippen LogP contribution in [0.1, 0.15) is 43.9 Å². The molecule has 3 nitrogen and oxygen atoms in total. The fourth-order valence-corrected chi connectivity index (χ4v) is 0.795. The summed E-state index contributed by atoms with van der Waals surface area (Å²) in [4.78, 5) is 10.9. The lowest BCUT2D eigenvalue weighted by Crippen LogP contribution is -2.09. The number of hydrogen-bond acceptors (Lipinski definition) is 3. The average Bonchev–Trinajstić information content (AvgIpc) is 2.30. The third kappa shape index (κ3) is 1.72. The predicted molar refractivity (Wildman–Crippen MR) is 45.2 cm³/mol. The van der Waals surface area contributed by atoms with E-state index in [2.05, 4.69) is 5.16 Å². The van der Waals surface area contributed by atoms with Gasteiger partial charge in [-0.25, -0.2) is 0 Å². The summed E-state index contributed by atoms with van der Waals surface area (Å²) in [6, 6.07) is 1.70. The van der Waals surface area contributed by atoms with Crippen molar-refractivity contribution in [3.63, 3.8) is 0 Å². The Bertz CT molecular complexity index is 294. The van der Waals surface area contributed by atoms with Crippen molar-refractivity contribution in [2.24, 2.45) is 0 Å². The van der Waals surface area contributed by atoms with Crippen molar-refractivity contribution in [2.45, 2.75) is 33.1 Å². The summed E-state index contributed by atoms with van der Waals surface area (Å²) in [5.74, 6) is 0.682. The molecule has 0 saturated carbocycles. The lowest BCUT2D eigenvalue weighted by molar-refractivity contribution is 0.100. The van der Waals surface area contributed by atoms with Gasteiger partial charge in [-0.3, -0.25) is 4.79 Å². The van der Waals surface area contributed by atoms with Crippen molar-refractivity contribution in [1.29, 1.82) is 0 Å². The van der Waals surface area contributed by atoms with Gasteiger partial charge < -0.3 is 4.52 Å². The van der Waals surface area contributed by atoms with Crippen LogP contribution >= 0.6 is 0 Å². The highest BCUT2D eigenvalue weighted by atomic mass is 16.5. The summed E-state index contributed by atoms with van der Waals surface area (Å²) in [6.45, 7) is 7.51. The smallest absolute Gasteiger partial charge is 0.181 e. The molecule has 0 aliphatic carbocycles. The van der Waals surface area contributed by atoms with E-state index in [1.54, 1.807) is 6.07 Å². The first-order chi connectivity index (χ1) is 5.41. The van der Waals surface area contributed by atoms with Crippen LogP contribution in [0.5, 0.6) is 0 Å². The molecule has 0 bridgehead atoms. The van der Waals surface area contributed by atoms with Gasteiger partial charge in [-0.05, 0) is 0 Å². The van der Waals surface area contributed by atoms with Gasteiger partial charge in [0.15, 0.2) is 5.78 Å². The van der Waals surface area contributed by atoms with Crippen LogP contribution in [0.4, 0.5) is 0 Å². The van der Waals surface area contributed by atoms with Gasteiger partial charge in [-0.1, -0.05) is 25.9 Å². The summed E-state index contributed by atoms with van der Waals surface area (Å²) in [6.07, 6.45) is 0. The van der Waals surface area contributed by atoms with Gasteiger partial charge in [0.25, 0.3) is 0 Å². The zero-order chi connectivity index (χ0) is 9.35. The fraction of sp³-hybridized carbons (Fsp3) is 0.556. The van der Waals surface area contributed by atoms with Crippen molar-refractivity contribution in [1.82, 2.24) is 5.16 Å². The number of aromatic nitrogens is 1. The second-order valence-corrected chi connectivity index (χ2v) is 3.88. The van der Waals surface area contributed by atoms with Crippen LogP contribution in [0, 0.1) is 0 Å². The molecule has 1 aromatic rings. The van der Waals surface area contributed by atoms with Gasteiger partial charge in [0.2, 0.25) is 0 Å². The third-order valence-corrected chi connectivity index (χ3v) is 1.61. The molecule has 12 heavy (non-hydrogen) atoms. The molecular formula is C9H13NO2. The maximum absolute atomic E-state index is 10.9. The molecule has 1 aromatic heterocycles. The van der Waals surface area contributed by atoms with E-state index in [0.717, 1.165) is 5.76 Å². The van der Waals surface area contributed by atoms with Gasteiger partial charge >= 0.3 is 0 Å². The largest absolute Gasteiger partial charge is 0.360 e. The van der Waals surface area contributed by atoms with E-state index in [1.807, 2.05) is 20.8 Å². The Hall–Kier alpha value is -1.12. The molecule has 3 heteroatoms. The molecule has 0 fully saturated rings. The molecule has 0 amide bonds. The van der Waals surface area contributed by atoms with Crippen LogP contribution in [0.15, 0.2) is 10.6 Å². The molecule has 0 aliphatic rings. The Labute approximate surface area is 71.7 Å². The van der Waals surface area contributed by atoms with Gasteiger partial charge in [-0.2, -0.15) is 0 Å². The fourth-order valence-electron chi connectivity index (χ4n) is 0.795. The summed E-state index contributed by atoms with van der Waals surface area (Å²) in [5.41, 5.74) is 0.320. The molecule has 0 N–H and O–H groups in total. The van der Waals surface area contributed by atoms with Crippen LogP contribution in [-0.4, -0.2) is 10.9 Å².